The number of rotatable bonds is 1. The Morgan fingerprint density at radius 3 is 2.95 bits per heavy atom. The van der Waals surface area contributed by atoms with Crippen molar-refractivity contribution in [1.82, 2.24) is 9.88 Å². The number of nitrogens with zero attached hydrogens (tertiary/aromatic N) is 2. The number of hydrogen-bond donors (Lipinski definition) is 1. The molecule has 3 rings (SSSR count). The standard InChI is InChI=1S/C15H18ClN3/c1-9(17)14-10-4-3-5-12(16)15(10)18-13-6-7-19(2)8-11(13)14/h3-5,9H,6-8,17H2,1-2H3. The number of fused-ring (bicyclic) bond motifs is 2. The second-order valence-electron chi connectivity index (χ2n) is 5.36. The fraction of sp³-hybridized carbons (Fsp3) is 0.400. The van der Waals surface area contributed by atoms with Crippen LogP contribution in [0.5, 0.6) is 0 Å². The molecule has 1 aliphatic heterocycles. The van der Waals surface area contributed by atoms with Crippen molar-refractivity contribution in [2.75, 3.05) is 13.6 Å². The molecule has 100 valence electrons. The summed E-state index contributed by atoms with van der Waals surface area (Å²) in [7, 11) is 2.13. The highest BCUT2D eigenvalue weighted by molar-refractivity contribution is 6.35. The normalized spacial score (nSPS) is 17.5. The molecule has 2 aromatic rings. The SMILES string of the molecule is CC(N)c1c2c(nc3c(Cl)cccc13)CCN(C)C2. The molecule has 3 nitrogen and oxygen atoms in total. The summed E-state index contributed by atoms with van der Waals surface area (Å²) in [5.41, 5.74) is 10.8. The number of halogens is 1. The summed E-state index contributed by atoms with van der Waals surface area (Å²) in [5, 5.41) is 1.80. The van der Waals surface area contributed by atoms with Crippen molar-refractivity contribution in [2.24, 2.45) is 5.73 Å². The number of nitrogens with two attached hydrogens (primary N) is 1. The summed E-state index contributed by atoms with van der Waals surface area (Å²) in [6.07, 6.45) is 0.965. The Labute approximate surface area is 118 Å². The van der Waals surface area contributed by atoms with Crippen molar-refractivity contribution in [3.8, 4) is 0 Å². The smallest absolute Gasteiger partial charge is 0.0895 e. The third-order valence-corrected chi connectivity index (χ3v) is 4.12. The first kappa shape index (κ1) is 12.9. The predicted octanol–water partition coefficient (Wildman–Crippen LogP) is 2.90. The Bertz CT molecular complexity index is 637. The van der Waals surface area contributed by atoms with Crippen molar-refractivity contribution in [3.05, 3.63) is 40.0 Å². The molecule has 2 heterocycles. The van der Waals surface area contributed by atoms with Crippen LogP contribution in [0.15, 0.2) is 18.2 Å². The summed E-state index contributed by atoms with van der Waals surface area (Å²) in [4.78, 5) is 7.09. The maximum atomic E-state index is 6.29. The van der Waals surface area contributed by atoms with Gasteiger partial charge in [0.15, 0.2) is 0 Å². The minimum Gasteiger partial charge on any atom is -0.324 e. The fourth-order valence-corrected chi connectivity index (χ4v) is 3.13. The molecule has 0 saturated heterocycles. The van der Waals surface area contributed by atoms with E-state index in [9.17, 15) is 0 Å². The second-order valence-corrected chi connectivity index (χ2v) is 5.77. The summed E-state index contributed by atoms with van der Waals surface area (Å²) in [5.74, 6) is 0. The maximum Gasteiger partial charge on any atom is 0.0895 e. The molecular formula is C15H18ClN3. The Balaban J connectivity index is 2.37. The van der Waals surface area contributed by atoms with E-state index in [2.05, 4.69) is 18.0 Å². The van der Waals surface area contributed by atoms with Crippen LogP contribution in [0.2, 0.25) is 5.02 Å². The van der Waals surface area contributed by atoms with Gasteiger partial charge >= 0.3 is 0 Å². The van der Waals surface area contributed by atoms with Gasteiger partial charge in [-0.25, -0.2) is 0 Å². The van der Waals surface area contributed by atoms with Gasteiger partial charge in [-0.3, -0.25) is 4.98 Å². The second kappa shape index (κ2) is 4.75. The summed E-state index contributed by atoms with van der Waals surface area (Å²) in [6, 6.07) is 5.92. The first-order valence-corrected chi connectivity index (χ1v) is 6.99. The van der Waals surface area contributed by atoms with Gasteiger partial charge in [-0.05, 0) is 31.2 Å². The zero-order valence-electron chi connectivity index (χ0n) is 11.3. The van der Waals surface area contributed by atoms with Gasteiger partial charge in [0.05, 0.1) is 10.5 Å². The molecule has 0 fully saturated rings. The first-order valence-electron chi connectivity index (χ1n) is 6.62. The molecular weight excluding hydrogens is 258 g/mol. The third-order valence-electron chi connectivity index (χ3n) is 3.81. The zero-order chi connectivity index (χ0) is 13.6. The number of likely N-dealkylation sites (N-methyl/N-ethyl adjacent to an activating group) is 1. The van der Waals surface area contributed by atoms with Gasteiger partial charge in [-0.2, -0.15) is 0 Å². The molecule has 0 spiro atoms. The van der Waals surface area contributed by atoms with Crippen LogP contribution in [0.25, 0.3) is 10.9 Å². The number of aromatic nitrogens is 1. The van der Waals surface area contributed by atoms with Gasteiger partial charge < -0.3 is 10.6 Å². The van der Waals surface area contributed by atoms with E-state index in [1.165, 1.54) is 11.1 Å². The molecule has 1 aromatic carbocycles. The zero-order valence-corrected chi connectivity index (χ0v) is 12.0. The van der Waals surface area contributed by atoms with E-state index in [4.69, 9.17) is 22.3 Å². The number of pyridine rings is 1. The minimum atomic E-state index is -0.00998. The van der Waals surface area contributed by atoms with Gasteiger partial charge in [0.2, 0.25) is 0 Å². The lowest BCUT2D eigenvalue weighted by Gasteiger charge is -2.28. The molecule has 0 amide bonds. The van der Waals surface area contributed by atoms with Crippen LogP contribution in [-0.4, -0.2) is 23.5 Å². The van der Waals surface area contributed by atoms with Gasteiger partial charge in [-0.15, -0.1) is 0 Å². The van der Waals surface area contributed by atoms with E-state index >= 15 is 0 Å². The Morgan fingerprint density at radius 1 is 1.42 bits per heavy atom. The fourth-order valence-electron chi connectivity index (χ4n) is 2.92. The lowest BCUT2D eigenvalue weighted by Crippen LogP contribution is -2.29. The van der Waals surface area contributed by atoms with Gasteiger partial charge in [-0.1, -0.05) is 23.7 Å². The molecule has 19 heavy (non-hydrogen) atoms. The van der Waals surface area contributed by atoms with Gasteiger partial charge in [0.25, 0.3) is 0 Å². The Hall–Kier alpha value is -1.16. The number of hydrogen-bond acceptors (Lipinski definition) is 3. The molecule has 1 unspecified atom stereocenters. The van der Waals surface area contributed by atoms with E-state index in [-0.39, 0.29) is 6.04 Å². The molecule has 0 saturated carbocycles. The van der Waals surface area contributed by atoms with Gasteiger partial charge in [0, 0.05) is 36.6 Å². The molecule has 0 aliphatic carbocycles. The van der Waals surface area contributed by atoms with Crippen LogP contribution < -0.4 is 5.73 Å². The topological polar surface area (TPSA) is 42.1 Å². The molecule has 2 N–H and O–H groups in total. The molecule has 1 aromatic heterocycles. The predicted molar refractivity (Wildman–Crippen MR) is 79.4 cm³/mol. The van der Waals surface area contributed by atoms with Crippen molar-refractivity contribution >= 4 is 22.5 Å². The lowest BCUT2D eigenvalue weighted by molar-refractivity contribution is 0.308. The van der Waals surface area contributed by atoms with E-state index in [0.717, 1.165) is 36.1 Å². The minimum absolute atomic E-state index is 0.00998. The Morgan fingerprint density at radius 2 is 2.21 bits per heavy atom. The summed E-state index contributed by atoms with van der Waals surface area (Å²) in [6.45, 7) is 3.99. The molecule has 1 aliphatic rings. The van der Waals surface area contributed by atoms with E-state index in [1.54, 1.807) is 0 Å². The highest BCUT2D eigenvalue weighted by Gasteiger charge is 2.22. The molecule has 1 atom stereocenters. The van der Waals surface area contributed by atoms with E-state index < -0.39 is 0 Å². The average molecular weight is 276 g/mol. The lowest BCUT2D eigenvalue weighted by atomic mass is 9.92. The van der Waals surface area contributed by atoms with Crippen molar-refractivity contribution in [1.29, 1.82) is 0 Å². The van der Waals surface area contributed by atoms with Crippen LogP contribution in [0.1, 0.15) is 29.8 Å². The monoisotopic (exact) mass is 275 g/mol. The summed E-state index contributed by atoms with van der Waals surface area (Å²) < 4.78 is 0. The van der Waals surface area contributed by atoms with Crippen LogP contribution in [0.4, 0.5) is 0 Å². The van der Waals surface area contributed by atoms with Gasteiger partial charge in [0.1, 0.15) is 0 Å². The highest BCUT2D eigenvalue weighted by atomic mass is 35.5. The van der Waals surface area contributed by atoms with E-state index in [0.29, 0.717) is 5.02 Å². The van der Waals surface area contributed by atoms with Crippen LogP contribution in [0.3, 0.4) is 0 Å². The molecule has 0 radical (unpaired) electrons. The van der Waals surface area contributed by atoms with Crippen LogP contribution in [0, 0.1) is 0 Å². The number of benzene rings is 1. The van der Waals surface area contributed by atoms with Crippen LogP contribution >= 0.6 is 11.6 Å². The molecule has 4 heteroatoms. The van der Waals surface area contributed by atoms with Crippen molar-refractivity contribution < 1.29 is 0 Å². The van der Waals surface area contributed by atoms with Crippen LogP contribution in [-0.2, 0) is 13.0 Å². The summed E-state index contributed by atoms with van der Waals surface area (Å²) >= 11 is 6.29. The largest absolute Gasteiger partial charge is 0.324 e. The Kier molecular flexibility index (Phi) is 3.21. The first-order chi connectivity index (χ1) is 9.08. The average Bonchev–Trinajstić information content (AvgIpc) is 2.36. The van der Waals surface area contributed by atoms with E-state index in [1.807, 2.05) is 19.1 Å². The van der Waals surface area contributed by atoms with Crippen molar-refractivity contribution in [3.63, 3.8) is 0 Å². The maximum absolute atomic E-state index is 6.29. The third kappa shape index (κ3) is 2.12. The quantitative estimate of drug-likeness (QED) is 0.870. The number of para-hydroxylation sites is 1. The molecule has 0 bridgehead atoms. The van der Waals surface area contributed by atoms with Crippen molar-refractivity contribution in [2.45, 2.75) is 25.9 Å². The highest BCUT2D eigenvalue weighted by Crippen LogP contribution is 2.33.